The third kappa shape index (κ3) is 6.97. The van der Waals surface area contributed by atoms with Crippen LogP contribution < -0.4 is 4.74 Å². The summed E-state index contributed by atoms with van der Waals surface area (Å²) in [5, 5.41) is 8.91. The molecule has 0 radical (unpaired) electrons. The Hall–Kier alpha value is -2.98. The van der Waals surface area contributed by atoms with Gasteiger partial charge >= 0.3 is 6.61 Å². The van der Waals surface area contributed by atoms with Crippen LogP contribution in [0.25, 0.3) is 0 Å². The van der Waals surface area contributed by atoms with E-state index in [1.807, 2.05) is 31.1 Å². The topological polar surface area (TPSA) is 56.6 Å². The molecule has 2 rings (SSSR count). The number of amides is 1. The maximum Gasteiger partial charge on any atom is 0.387 e. The summed E-state index contributed by atoms with van der Waals surface area (Å²) in [4.78, 5) is 16.6. The molecule has 7 heteroatoms. The fraction of sp³-hybridized carbons (Fsp3) is 0.333. The lowest BCUT2D eigenvalue weighted by molar-refractivity contribution is -0.131. The van der Waals surface area contributed by atoms with Crippen molar-refractivity contribution in [1.82, 2.24) is 9.80 Å². The Morgan fingerprint density at radius 3 is 2.18 bits per heavy atom. The lowest BCUT2D eigenvalue weighted by Crippen LogP contribution is -2.37. The Bertz CT molecular complexity index is 800. The normalized spacial score (nSPS) is 10.8. The summed E-state index contributed by atoms with van der Waals surface area (Å²) >= 11 is 0. The smallest absolute Gasteiger partial charge is 0.387 e. The fourth-order valence-corrected chi connectivity index (χ4v) is 2.59. The van der Waals surface area contributed by atoms with Gasteiger partial charge < -0.3 is 14.5 Å². The van der Waals surface area contributed by atoms with E-state index in [0.717, 1.165) is 11.1 Å². The SMILES string of the molecule is CN(C)CCN(Cc1ccc(C#N)cc1)C(=O)Cc1ccc(OC(F)F)cc1. The minimum absolute atomic E-state index is 0.0614. The number of likely N-dealkylation sites (N-methyl/N-ethyl adjacent to an activating group) is 1. The van der Waals surface area contributed by atoms with Gasteiger partial charge in [-0.1, -0.05) is 24.3 Å². The van der Waals surface area contributed by atoms with E-state index in [0.29, 0.717) is 25.2 Å². The molecule has 2 aromatic carbocycles. The molecule has 0 heterocycles. The van der Waals surface area contributed by atoms with E-state index in [2.05, 4.69) is 10.8 Å². The monoisotopic (exact) mass is 387 g/mol. The number of carbonyl (C=O) groups is 1. The Morgan fingerprint density at radius 2 is 1.64 bits per heavy atom. The first kappa shape index (κ1) is 21.3. The number of hydrogen-bond acceptors (Lipinski definition) is 4. The van der Waals surface area contributed by atoms with Crippen LogP contribution in [-0.2, 0) is 17.8 Å². The number of alkyl halides is 2. The summed E-state index contributed by atoms with van der Waals surface area (Å²) in [5.41, 5.74) is 2.23. The van der Waals surface area contributed by atoms with Gasteiger partial charge in [0.1, 0.15) is 5.75 Å². The van der Waals surface area contributed by atoms with Gasteiger partial charge in [0, 0.05) is 19.6 Å². The number of halogens is 2. The molecule has 0 saturated heterocycles. The van der Waals surface area contributed by atoms with Crippen LogP contribution in [-0.4, -0.2) is 49.5 Å². The Balaban J connectivity index is 2.06. The molecule has 0 spiro atoms. The van der Waals surface area contributed by atoms with Crippen LogP contribution in [0, 0.1) is 11.3 Å². The average molecular weight is 387 g/mol. The molecular weight excluding hydrogens is 364 g/mol. The van der Waals surface area contributed by atoms with Gasteiger partial charge in [-0.25, -0.2) is 0 Å². The highest BCUT2D eigenvalue weighted by Gasteiger charge is 2.15. The zero-order chi connectivity index (χ0) is 20.5. The predicted molar refractivity (Wildman–Crippen MR) is 102 cm³/mol. The van der Waals surface area contributed by atoms with Crippen molar-refractivity contribution in [3.05, 3.63) is 65.2 Å². The van der Waals surface area contributed by atoms with Crippen LogP contribution in [0.4, 0.5) is 8.78 Å². The Labute approximate surface area is 163 Å². The number of nitriles is 1. The van der Waals surface area contributed by atoms with Crippen molar-refractivity contribution in [2.45, 2.75) is 19.6 Å². The van der Waals surface area contributed by atoms with Crippen molar-refractivity contribution in [1.29, 1.82) is 5.26 Å². The van der Waals surface area contributed by atoms with E-state index in [1.165, 1.54) is 12.1 Å². The molecule has 0 fully saturated rings. The summed E-state index contributed by atoms with van der Waals surface area (Å²) < 4.78 is 28.8. The fourth-order valence-electron chi connectivity index (χ4n) is 2.59. The zero-order valence-electron chi connectivity index (χ0n) is 15.9. The van der Waals surface area contributed by atoms with Crippen molar-refractivity contribution in [2.24, 2.45) is 0 Å². The number of ether oxygens (including phenoxy) is 1. The van der Waals surface area contributed by atoms with E-state index < -0.39 is 6.61 Å². The first-order chi connectivity index (χ1) is 13.4. The standard InChI is InChI=1S/C21H23F2N3O2/c1-25(2)11-12-26(15-18-5-3-17(14-24)4-6-18)20(27)13-16-7-9-19(10-8-16)28-21(22)23/h3-10,21H,11-13,15H2,1-2H3. The van der Waals surface area contributed by atoms with Crippen LogP contribution in [0.15, 0.2) is 48.5 Å². The maximum atomic E-state index is 12.8. The molecule has 5 nitrogen and oxygen atoms in total. The summed E-state index contributed by atoms with van der Waals surface area (Å²) in [6, 6.07) is 15.3. The van der Waals surface area contributed by atoms with Gasteiger partial charge in [0.05, 0.1) is 18.1 Å². The first-order valence-corrected chi connectivity index (χ1v) is 8.82. The van der Waals surface area contributed by atoms with Gasteiger partial charge in [-0.15, -0.1) is 0 Å². The first-order valence-electron chi connectivity index (χ1n) is 8.82. The highest BCUT2D eigenvalue weighted by atomic mass is 19.3. The van der Waals surface area contributed by atoms with E-state index in [4.69, 9.17) is 5.26 Å². The third-order valence-electron chi connectivity index (χ3n) is 4.13. The average Bonchev–Trinajstić information content (AvgIpc) is 2.66. The second-order valence-electron chi connectivity index (χ2n) is 6.63. The Kier molecular flexibility index (Phi) is 7.90. The lowest BCUT2D eigenvalue weighted by Gasteiger charge is -2.25. The molecule has 0 aliphatic carbocycles. The van der Waals surface area contributed by atoms with Crippen LogP contribution in [0.3, 0.4) is 0 Å². The maximum absolute atomic E-state index is 12.8. The summed E-state index contributed by atoms with van der Waals surface area (Å²) in [6.07, 6.45) is 0.165. The highest BCUT2D eigenvalue weighted by Crippen LogP contribution is 2.16. The van der Waals surface area contributed by atoms with Crippen LogP contribution >= 0.6 is 0 Å². The van der Waals surface area contributed by atoms with Crippen LogP contribution in [0.5, 0.6) is 5.75 Å². The van der Waals surface area contributed by atoms with Crippen LogP contribution in [0.2, 0.25) is 0 Å². The minimum Gasteiger partial charge on any atom is -0.435 e. The van der Waals surface area contributed by atoms with E-state index in [-0.39, 0.29) is 18.1 Å². The molecular formula is C21H23F2N3O2. The zero-order valence-corrected chi connectivity index (χ0v) is 15.9. The van der Waals surface area contributed by atoms with Gasteiger partial charge in [0.25, 0.3) is 0 Å². The number of carbonyl (C=O) groups excluding carboxylic acids is 1. The highest BCUT2D eigenvalue weighted by molar-refractivity contribution is 5.78. The molecule has 0 bridgehead atoms. The number of hydrogen-bond donors (Lipinski definition) is 0. The summed E-state index contributed by atoms with van der Waals surface area (Å²) in [7, 11) is 3.87. The van der Waals surface area contributed by atoms with Crippen molar-refractivity contribution in [3.8, 4) is 11.8 Å². The number of rotatable bonds is 9. The number of nitrogens with zero attached hydrogens (tertiary/aromatic N) is 3. The molecule has 0 saturated carbocycles. The van der Waals surface area contributed by atoms with Gasteiger partial charge in [0.2, 0.25) is 5.91 Å². The van der Waals surface area contributed by atoms with Crippen molar-refractivity contribution in [2.75, 3.05) is 27.2 Å². The van der Waals surface area contributed by atoms with Gasteiger partial charge in [0.15, 0.2) is 0 Å². The Morgan fingerprint density at radius 1 is 1.04 bits per heavy atom. The summed E-state index contributed by atoms with van der Waals surface area (Å²) in [6.45, 7) is -1.17. The molecule has 0 aliphatic rings. The molecule has 0 atom stereocenters. The van der Waals surface area contributed by atoms with E-state index in [1.54, 1.807) is 29.2 Å². The van der Waals surface area contributed by atoms with Gasteiger partial charge in [-0.3, -0.25) is 4.79 Å². The van der Waals surface area contributed by atoms with Crippen LogP contribution in [0.1, 0.15) is 16.7 Å². The largest absolute Gasteiger partial charge is 0.435 e. The van der Waals surface area contributed by atoms with Crippen molar-refractivity contribution >= 4 is 5.91 Å². The molecule has 0 aliphatic heterocycles. The van der Waals surface area contributed by atoms with Gasteiger partial charge in [-0.2, -0.15) is 14.0 Å². The van der Waals surface area contributed by atoms with Gasteiger partial charge in [-0.05, 0) is 49.5 Å². The quantitative estimate of drug-likeness (QED) is 0.663. The second kappa shape index (κ2) is 10.4. The molecule has 0 aromatic heterocycles. The van der Waals surface area contributed by atoms with E-state index in [9.17, 15) is 13.6 Å². The van der Waals surface area contributed by atoms with E-state index >= 15 is 0 Å². The van der Waals surface area contributed by atoms with Crippen molar-refractivity contribution in [3.63, 3.8) is 0 Å². The molecule has 148 valence electrons. The van der Waals surface area contributed by atoms with Crippen molar-refractivity contribution < 1.29 is 18.3 Å². The second-order valence-corrected chi connectivity index (χ2v) is 6.63. The molecule has 0 unspecified atom stereocenters. The minimum atomic E-state index is -2.87. The molecule has 0 N–H and O–H groups in total. The lowest BCUT2D eigenvalue weighted by atomic mass is 10.1. The molecule has 1 amide bonds. The molecule has 28 heavy (non-hydrogen) atoms. The predicted octanol–water partition coefficient (Wildman–Crippen LogP) is 3.29. The summed E-state index contributed by atoms with van der Waals surface area (Å²) in [5.74, 6) is 0.00184. The number of benzene rings is 2. The third-order valence-corrected chi connectivity index (χ3v) is 4.13. The molecule has 2 aromatic rings.